The van der Waals surface area contributed by atoms with Gasteiger partial charge >= 0.3 is 0 Å². The summed E-state index contributed by atoms with van der Waals surface area (Å²) in [6, 6.07) is 22.8. The molecule has 0 atom stereocenters. The Morgan fingerprint density at radius 2 is 1.65 bits per heavy atom. The molecular formula is C19H15N3S. The number of rotatable bonds is 2. The summed E-state index contributed by atoms with van der Waals surface area (Å²) in [5, 5.41) is 14.3. The van der Waals surface area contributed by atoms with Gasteiger partial charge in [-0.15, -0.1) is 0 Å². The Labute approximate surface area is 139 Å². The molecule has 0 amide bonds. The Balaban J connectivity index is 1.90. The highest BCUT2D eigenvalue weighted by atomic mass is 32.2. The highest BCUT2D eigenvalue weighted by Crippen LogP contribution is 2.26. The molecule has 0 saturated carbocycles. The maximum absolute atomic E-state index is 8.67. The van der Waals surface area contributed by atoms with Crippen molar-refractivity contribution in [3.8, 4) is 17.3 Å². The molecular weight excluding hydrogens is 302 g/mol. The molecule has 0 heterocycles. The van der Waals surface area contributed by atoms with Crippen LogP contribution in [0.4, 0.5) is 5.69 Å². The summed E-state index contributed by atoms with van der Waals surface area (Å²) in [6.45, 7) is 0. The fourth-order valence-electron chi connectivity index (χ4n) is 2.39. The Kier molecular flexibility index (Phi) is 4.60. The Hall–Kier alpha value is -2.77. The van der Waals surface area contributed by atoms with E-state index in [1.165, 1.54) is 28.1 Å². The summed E-state index contributed by atoms with van der Waals surface area (Å²) in [4.78, 5) is 4.40. The number of fused-ring (bicyclic) bond motifs is 1. The van der Waals surface area contributed by atoms with Crippen LogP contribution in [0.5, 0.6) is 0 Å². The van der Waals surface area contributed by atoms with E-state index < -0.39 is 0 Å². The lowest BCUT2D eigenvalue weighted by Gasteiger charge is -2.05. The molecule has 23 heavy (non-hydrogen) atoms. The molecule has 3 aromatic rings. The van der Waals surface area contributed by atoms with E-state index in [0.717, 1.165) is 11.3 Å². The molecule has 0 aliphatic carbocycles. The second-order valence-electron chi connectivity index (χ2n) is 4.97. The molecule has 0 fully saturated rings. The van der Waals surface area contributed by atoms with Crippen LogP contribution in [0.3, 0.4) is 0 Å². The third-order valence-electron chi connectivity index (χ3n) is 3.54. The number of thioether (sulfide) groups is 1. The maximum atomic E-state index is 8.67. The van der Waals surface area contributed by atoms with Gasteiger partial charge in [0.25, 0.3) is 0 Å². The predicted molar refractivity (Wildman–Crippen MR) is 98.7 cm³/mol. The predicted octanol–water partition coefficient (Wildman–Crippen LogP) is 4.93. The van der Waals surface area contributed by atoms with Gasteiger partial charge in [0.2, 0.25) is 0 Å². The normalized spacial score (nSPS) is 11.2. The van der Waals surface area contributed by atoms with E-state index in [0.29, 0.717) is 5.17 Å². The SMILES string of the molecule is CSC(=Nc1ccc(-c2ccc3ccccc3c2)cc1)NC#N. The molecule has 0 unspecified atom stereocenters. The van der Waals surface area contributed by atoms with E-state index in [1.54, 1.807) is 0 Å². The van der Waals surface area contributed by atoms with Gasteiger partial charge in [-0.1, -0.05) is 60.3 Å². The van der Waals surface area contributed by atoms with Gasteiger partial charge in [0, 0.05) is 0 Å². The molecule has 0 bridgehead atoms. The van der Waals surface area contributed by atoms with E-state index in [9.17, 15) is 0 Å². The highest BCUT2D eigenvalue weighted by molar-refractivity contribution is 8.13. The fraction of sp³-hybridized carbons (Fsp3) is 0.0526. The van der Waals surface area contributed by atoms with Gasteiger partial charge in [0.15, 0.2) is 11.4 Å². The standard InChI is InChI=1S/C19H15N3S/c1-23-19(21-13-20)22-18-10-8-15(9-11-18)17-7-6-14-4-2-3-5-16(14)12-17/h2-12H,1H3,(H,21,22). The molecule has 3 aromatic carbocycles. The van der Waals surface area contributed by atoms with Crippen molar-refractivity contribution in [2.75, 3.05) is 6.26 Å². The topological polar surface area (TPSA) is 48.2 Å². The minimum Gasteiger partial charge on any atom is -0.271 e. The molecule has 0 saturated heterocycles. The molecule has 0 aromatic heterocycles. The Morgan fingerprint density at radius 3 is 2.35 bits per heavy atom. The van der Waals surface area contributed by atoms with Crippen molar-refractivity contribution < 1.29 is 0 Å². The first-order valence-corrected chi connectivity index (χ1v) is 8.39. The molecule has 0 spiro atoms. The van der Waals surface area contributed by atoms with Gasteiger partial charge in [-0.25, -0.2) is 4.99 Å². The van der Waals surface area contributed by atoms with Crippen molar-refractivity contribution in [2.45, 2.75) is 0 Å². The second kappa shape index (κ2) is 6.99. The van der Waals surface area contributed by atoms with Crippen molar-refractivity contribution >= 4 is 33.4 Å². The smallest absolute Gasteiger partial charge is 0.183 e. The quantitative estimate of drug-likeness (QED) is 0.315. The van der Waals surface area contributed by atoms with E-state index in [-0.39, 0.29) is 0 Å². The summed E-state index contributed by atoms with van der Waals surface area (Å²) < 4.78 is 0. The van der Waals surface area contributed by atoms with Gasteiger partial charge in [-0.2, -0.15) is 5.26 Å². The lowest BCUT2D eigenvalue weighted by atomic mass is 10.0. The average molecular weight is 317 g/mol. The molecule has 3 rings (SSSR count). The molecule has 0 aliphatic rings. The number of nitriles is 1. The summed E-state index contributed by atoms with van der Waals surface area (Å²) in [5.41, 5.74) is 3.15. The van der Waals surface area contributed by atoms with Crippen LogP contribution < -0.4 is 5.32 Å². The number of benzene rings is 3. The van der Waals surface area contributed by atoms with Crippen LogP contribution >= 0.6 is 11.8 Å². The number of nitrogens with one attached hydrogen (secondary N) is 1. The first-order chi connectivity index (χ1) is 11.3. The van der Waals surface area contributed by atoms with Crippen LogP contribution in [0.1, 0.15) is 0 Å². The van der Waals surface area contributed by atoms with Crippen molar-refractivity contribution in [3.05, 3.63) is 66.7 Å². The van der Waals surface area contributed by atoms with Crippen molar-refractivity contribution in [2.24, 2.45) is 4.99 Å². The summed E-state index contributed by atoms with van der Waals surface area (Å²) in [5.74, 6) is 0. The summed E-state index contributed by atoms with van der Waals surface area (Å²) >= 11 is 1.41. The van der Waals surface area contributed by atoms with E-state index in [2.05, 4.69) is 46.7 Å². The van der Waals surface area contributed by atoms with Crippen LogP contribution in [-0.4, -0.2) is 11.4 Å². The van der Waals surface area contributed by atoms with Gasteiger partial charge in [0.05, 0.1) is 5.69 Å². The van der Waals surface area contributed by atoms with Gasteiger partial charge in [0.1, 0.15) is 0 Å². The third kappa shape index (κ3) is 3.53. The highest BCUT2D eigenvalue weighted by Gasteiger charge is 2.01. The second-order valence-corrected chi connectivity index (χ2v) is 5.76. The monoisotopic (exact) mass is 317 g/mol. The van der Waals surface area contributed by atoms with Crippen molar-refractivity contribution in [3.63, 3.8) is 0 Å². The largest absolute Gasteiger partial charge is 0.271 e. The zero-order chi connectivity index (χ0) is 16.1. The van der Waals surface area contributed by atoms with Crippen LogP contribution in [-0.2, 0) is 0 Å². The lowest BCUT2D eigenvalue weighted by Crippen LogP contribution is -2.12. The first-order valence-electron chi connectivity index (χ1n) is 7.17. The summed E-state index contributed by atoms with van der Waals surface area (Å²) in [7, 11) is 0. The number of hydrogen-bond donors (Lipinski definition) is 1. The maximum Gasteiger partial charge on any atom is 0.183 e. The van der Waals surface area contributed by atoms with Gasteiger partial charge in [-0.3, -0.25) is 5.32 Å². The molecule has 3 nitrogen and oxygen atoms in total. The van der Waals surface area contributed by atoms with Crippen molar-refractivity contribution in [1.29, 1.82) is 5.26 Å². The number of hydrogen-bond acceptors (Lipinski definition) is 3. The molecule has 0 aliphatic heterocycles. The molecule has 1 N–H and O–H groups in total. The Morgan fingerprint density at radius 1 is 0.957 bits per heavy atom. The lowest BCUT2D eigenvalue weighted by molar-refractivity contribution is 1.28. The third-order valence-corrected chi connectivity index (χ3v) is 4.12. The minimum absolute atomic E-state index is 0.589. The van der Waals surface area contributed by atoms with E-state index in [4.69, 9.17) is 5.26 Å². The molecule has 4 heteroatoms. The number of nitrogens with zero attached hydrogens (tertiary/aromatic N) is 2. The average Bonchev–Trinajstić information content (AvgIpc) is 2.61. The van der Waals surface area contributed by atoms with Crippen molar-refractivity contribution in [1.82, 2.24) is 5.32 Å². The minimum atomic E-state index is 0.589. The molecule has 112 valence electrons. The number of aliphatic imine (C=N–C) groups is 1. The molecule has 0 radical (unpaired) electrons. The fourth-order valence-corrected chi connectivity index (χ4v) is 2.73. The van der Waals surface area contributed by atoms with Crippen LogP contribution in [0.25, 0.3) is 21.9 Å². The zero-order valence-corrected chi connectivity index (χ0v) is 13.5. The number of amidine groups is 1. The zero-order valence-electron chi connectivity index (χ0n) is 12.7. The summed E-state index contributed by atoms with van der Waals surface area (Å²) in [6.07, 6.45) is 3.77. The first kappa shape index (κ1) is 15.1. The van der Waals surface area contributed by atoms with E-state index >= 15 is 0 Å². The van der Waals surface area contributed by atoms with Crippen LogP contribution in [0.15, 0.2) is 71.7 Å². The van der Waals surface area contributed by atoms with Crippen LogP contribution in [0.2, 0.25) is 0 Å². The Bertz CT molecular complexity index is 892. The van der Waals surface area contributed by atoms with E-state index in [1.807, 2.05) is 42.8 Å². The van der Waals surface area contributed by atoms with Gasteiger partial charge < -0.3 is 0 Å². The van der Waals surface area contributed by atoms with Gasteiger partial charge in [-0.05, 0) is 46.4 Å². The van der Waals surface area contributed by atoms with Crippen LogP contribution in [0, 0.1) is 11.5 Å².